The number of carbonyl (C=O) groups excluding carboxylic acids is 1. The van der Waals surface area contributed by atoms with Crippen molar-refractivity contribution < 1.29 is 13.7 Å². The summed E-state index contributed by atoms with van der Waals surface area (Å²) >= 11 is 0. The predicted molar refractivity (Wildman–Crippen MR) is 142 cm³/mol. The minimum Gasteiger partial charge on any atom is -0.497 e. The third kappa shape index (κ3) is 7.98. The molecule has 1 saturated heterocycles. The van der Waals surface area contributed by atoms with Crippen molar-refractivity contribution in [3.05, 3.63) is 46.6 Å². The molecule has 35 heavy (non-hydrogen) atoms. The summed E-state index contributed by atoms with van der Waals surface area (Å²) in [6.07, 6.45) is 3.96. The normalized spacial score (nSPS) is 16.9. The van der Waals surface area contributed by atoms with Gasteiger partial charge in [0.1, 0.15) is 28.4 Å². The summed E-state index contributed by atoms with van der Waals surface area (Å²) in [5.41, 5.74) is 15.0. The van der Waals surface area contributed by atoms with Gasteiger partial charge in [-0.2, -0.15) is 0 Å². The van der Waals surface area contributed by atoms with Crippen LogP contribution in [0.2, 0.25) is 0 Å². The van der Waals surface area contributed by atoms with Gasteiger partial charge in [0, 0.05) is 39.1 Å². The van der Waals surface area contributed by atoms with Crippen molar-refractivity contribution in [1.29, 1.82) is 0 Å². The second-order valence-corrected chi connectivity index (χ2v) is 10.9. The number of allylic oxidation sites excluding steroid dienone is 2. The number of carbonyl (C=O) groups is 1. The molecule has 0 aliphatic carbocycles. The maximum absolute atomic E-state index is 13.1. The van der Waals surface area contributed by atoms with Crippen molar-refractivity contribution in [2.75, 3.05) is 47.9 Å². The fraction of sp³-hybridized carbons (Fsp3) is 0.560. The fourth-order valence-corrected chi connectivity index (χ4v) is 5.48. The Labute approximate surface area is 212 Å². The van der Waals surface area contributed by atoms with Crippen LogP contribution in [0.25, 0.3) is 0 Å². The van der Waals surface area contributed by atoms with E-state index in [1.165, 1.54) is 0 Å². The highest BCUT2D eigenvalue weighted by Crippen LogP contribution is 2.25. The zero-order chi connectivity index (χ0) is 26.3. The maximum Gasteiger partial charge on any atom is 0.226 e. The Balaban J connectivity index is 1.91. The standard InChI is InChI=1S/C25H42N6O3S/c1-17-14-21(34-7)15-18(2)24(17)35(33)30(6)11-10-23(32)28-22(26)16-19(3)25(27)31-12-8-20(9-13-31)29(4)5/h14-16,20H,8-13,26-27H2,1-7H3,(H,28,32)/b22-16+,25-19+. The Morgan fingerprint density at radius 1 is 1.20 bits per heavy atom. The molecule has 1 aromatic carbocycles. The van der Waals surface area contributed by atoms with E-state index in [1.54, 1.807) is 24.5 Å². The first-order chi connectivity index (χ1) is 16.4. The van der Waals surface area contributed by atoms with Gasteiger partial charge in [-0.05, 0) is 82.6 Å². The van der Waals surface area contributed by atoms with Crippen LogP contribution in [0.15, 0.2) is 40.3 Å². The van der Waals surface area contributed by atoms with Crippen molar-refractivity contribution in [1.82, 2.24) is 19.4 Å². The summed E-state index contributed by atoms with van der Waals surface area (Å²) in [5, 5.41) is 2.71. The lowest BCUT2D eigenvalue weighted by atomic mass is 10.0. The van der Waals surface area contributed by atoms with E-state index in [2.05, 4.69) is 29.2 Å². The van der Waals surface area contributed by atoms with Crippen LogP contribution in [0.3, 0.4) is 0 Å². The smallest absolute Gasteiger partial charge is 0.226 e. The van der Waals surface area contributed by atoms with Gasteiger partial charge in [-0.25, -0.2) is 8.51 Å². The van der Waals surface area contributed by atoms with Crippen LogP contribution in [-0.2, 0) is 15.8 Å². The number of hydrogen-bond acceptors (Lipinski definition) is 7. The molecule has 0 bridgehead atoms. The number of nitrogens with one attached hydrogen (secondary N) is 1. The highest BCUT2D eigenvalue weighted by molar-refractivity contribution is 7.82. The molecule has 0 aromatic heterocycles. The van der Waals surface area contributed by atoms with E-state index in [9.17, 15) is 9.00 Å². The summed E-state index contributed by atoms with van der Waals surface area (Å²) < 4.78 is 20.0. The molecule has 1 amide bonds. The third-order valence-electron chi connectivity index (χ3n) is 6.38. The maximum atomic E-state index is 13.1. The van der Waals surface area contributed by atoms with Crippen LogP contribution in [0, 0.1) is 13.8 Å². The Bertz CT molecular complexity index is 960. The molecule has 1 aliphatic rings. The van der Waals surface area contributed by atoms with Gasteiger partial charge in [-0.1, -0.05) is 0 Å². The Morgan fingerprint density at radius 2 is 1.77 bits per heavy atom. The van der Waals surface area contributed by atoms with E-state index in [1.807, 2.05) is 32.9 Å². The van der Waals surface area contributed by atoms with Crippen LogP contribution in [0.1, 0.15) is 37.3 Å². The van der Waals surface area contributed by atoms with Gasteiger partial charge in [-0.3, -0.25) is 4.79 Å². The first kappa shape index (κ1) is 28.7. The number of benzene rings is 1. The lowest BCUT2D eigenvalue weighted by Gasteiger charge is -2.36. The van der Waals surface area contributed by atoms with Gasteiger partial charge >= 0.3 is 0 Å². The summed E-state index contributed by atoms with van der Waals surface area (Å²) in [6, 6.07) is 4.29. The second kappa shape index (κ2) is 12.9. The lowest BCUT2D eigenvalue weighted by Crippen LogP contribution is -2.43. The topological polar surface area (TPSA) is 117 Å². The van der Waals surface area contributed by atoms with Gasteiger partial charge in [0.2, 0.25) is 5.91 Å². The molecular formula is C25H42N6O3S. The van der Waals surface area contributed by atoms with E-state index in [4.69, 9.17) is 16.2 Å². The van der Waals surface area contributed by atoms with Gasteiger partial charge in [0.05, 0.1) is 12.0 Å². The van der Waals surface area contributed by atoms with E-state index in [-0.39, 0.29) is 18.1 Å². The largest absolute Gasteiger partial charge is 0.497 e. The minimum atomic E-state index is -1.40. The number of amides is 1. The molecule has 1 atom stereocenters. The molecule has 196 valence electrons. The molecule has 2 rings (SSSR count). The number of rotatable bonds is 10. The number of methoxy groups -OCH3 is 1. The SMILES string of the molecule is COc1cc(C)c(S(=O)N(C)CCC(=O)N/C(N)=C/C(C)=C(\N)N2CCC(N(C)C)CC2)c(C)c1. The molecule has 1 unspecified atom stereocenters. The number of ether oxygens (including phenoxy) is 1. The first-order valence-corrected chi connectivity index (χ1v) is 13.0. The second-order valence-electron chi connectivity index (χ2n) is 9.34. The van der Waals surface area contributed by atoms with E-state index in [0.29, 0.717) is 18.4 Å². The van der Waals surface area contributed by atoms with Crippen LogP contribution in [-0.4, -0.2) is 78.2 Å². The molecule has 1 aliphatic heterocycles. The van der Waals surface area contributed by atoms with E-state index >= 15 is 0 Å². The van der Waals surface area contributed by atoms with Crippen molar-refractivity contribution in [3.8, 4) is 5.75 Å². The average Bonchev–Trinajstić information content (AvgIpc) is 2.81. The molecule has 1 aromatic rings. The van der Waals surface area contributed by atoms with Gasteiger partial charge in [0.25, 0.3) is 0 Å². The molecule has 9 nitrogen and oxygen atoms in total. The molecule has 0 spiro atoms. The number of likely N-dealkylation sites (tertiary alicyclic amines) is 1. The van der Waals surface area contributed by atoms with Crippen LogP contribution < -0.4 is 21.5 Å². The molecule has 0 radical (unpaired) electrons. The zero-order valence-corrected chi connectivity index (χ0v) is 23.0. The summed E-state index contributed by atoms with van der Waals surface area (Å²) in [5.74, 6) is 1.40. The zero-order valence-electron chi connectivity index (χ0n) is 22.2. The Kier molecular flexibility index (Phi) is 10.6. The average molecular weight is 507 g/mol. The molecule has 10 heteroatoms. The van der Waals surface area contributed by atoms with Crippen LogP contribution in [0.4, 0.5) is 0 Å². The number of aryl methyl sites for hydroxylation is 2. The van der Waals surface area contributed by atoms with Gasteiger partial charge in [0.15, 0.2) is 0 Å². The minimum absolute atomic E-state index is 0.154. The molecule has 0 saturated carbocycles. The van der Waals surface area contributed by atoms with Crippen molar-refractivity contribution in [2.45, 2.75) is 51.0 Å². The fourth-order valence-electron chi connectivity index (χ4n) is 4.24. The summed E-state index contributed by atoms with van der Waals surface area (Å²) in [4.78, 5) is 17.6. The molecule has 1 heterocycles. The molecule has 1 fully saturated rings. The highest BCUT2D eigenvalue weighted by Gasteiger charge is 2.22. The third-order valence-corrected chi connectivity index (χ3v) is 8.12. The highest BCUT2D eigenvalue weighted by atomic mass is 32.2. The van der Waals surface area contributed by atoms with Crippen LogP contribution >= 0.6 is 0 Å². The Morgan fingerprint density at radius 3 is 2.29 bits per heavy atom. The quantitative estimate of drug-likeness (QED) is 0.414. The monoisotopic (exact) mass is 506 g/mol. The van der Waals surface area contributed by atoms with Crippen LogP contribution in [0.5, 0.6) is 5.75 Å². The summed E-state index contributed by atoms with van der Waals surface area (Å²) in [7, 11) is 6.16. The van der Waals surface area contributed by atoms with Crippen molar-refractivity contribution in [3.63, 3.8) is 0 Å². The van der Waals surface area contributed by atoms with Crippen molar-refractivity contribution in [2.24, 2.45) is 11.5 Å². The van der Waals surface area contributed by atoms with Crippen molar-refractivity contribution >= 4 is 16.9 Å². The van der Waals surface area contributed by atoms with Gasteiger partial charge < -0.3 is 31.3 Å². The first-order valence-electron chi connectivity index (χ1n) is 11.9. The van der Waals surface area contributed by atoms with E-state index in [0.717, 1.165) is 53.3 Å². The number of hydrogen-bond donors (Lipinski definition) is 3. The molecule has 5 N–H and O–H groups in total. The van der Waals surface area contributed by atoms with E-state index < -0.39 is 11.0 Å². The lowest BCUT2D eigenvalue weighted by molar-refractivity contribution is -0.120. The number of nitrogens with zero attached hydrogens (tertiary/aromatic N) is 3. The molecular weight excluding hydrogens is 464 g/mol. The number of nitrogens with two attached hydrogens (primary N) is 2. The Hall–Kier alpha value is -2.56. The number of piperidine rings is 1. The van der Waals surface area contributed by atoms with Gasteiger partial charge in [-0.15, -0.1) is 0 Å². The summed E-state index contributed by atoms with van der Waals surface area (Å²) in [6.45, 7) is 7.80. The predicted octanol–water partition coefficient (Wildman–Crippen LogP) is 1.79.